The van der Waals surface area contributed by atoms with Crippen LogP contribution in [0.25, 0.3) is 10.8 Å². The van der Waals surface area contributed by atoms with Crippen LogP contribution in [0.4, 0.5) is 0 Å². The topological polar surface area (TPSA) is 114 Å². The van der Waals surface area contributed by atoms with E-state index in [1.807, 2.05) is 30.3 Å². The molecule has 0 aliphatic carbocycles. The molecular formula is C28H33N3O6S. The summed E-state index contributed by atoms with van der Waals surface area (Å²) in [5.74, 6) is 0.527. The van der Waals surface area contributed by atoms with Crippen molar-refractivity contribution >= 4 is 32.6 Å². The van der Waals surface area contributed by atoms with E-state index in [0.29, 0.717) is 24.3 Å². The fourth-order valence-electron chi connectivity index (χ4n) is 4.71. The smallest absolute Gasteiger partial charge is 0.243 e. The number of fused-ring (bicyclic) bond motifs is 1. The Hall–Kier alpha value is -3.63. The van der Waals surface area contributed by atoms with Crippen molar-refractivity contribution in [1.82, 2.24) is 14.9 Å². The molecule has 9 nitrogen and oxygen atoms in total. The lowest BCUT2D eigenvalue weighted by atomic mass is 10.0. The van der Waals surface area contributed by atoms with E-state index in [-0.39, 0.29) is 42.3 Å². The molecule has 2 amide bonds. The van der Waals surface area contributed by atoms with Gasteiger partial charge in [-0.25, -0.2) is 8.42 Å². The molecule has 202 valence electrons. The van der Waals surface area contributed by atoms with Gasteiger partial charge in [-0.15, -0.1) is 0 Å². The number of sulfonamides is 1. The van der Waals surface area contributed by atoms with Gasteiger partial charge in [0.2, 0.25) is 21.8 Å². The predicted molar refractivity (Wildman–Crippen MR) is 145 cm³/mol. The van der Waals surface area contributed by atoms with Crippen LogP contribution in [0.2, 0.25) is 0 Å². The summed E-state index contributed by atoms with van der Waals surface area (Å²) < 4.78 is 38.7. The number of nitrogens with zero attached hydrogens (tertiary/aromatic N) is 1. The van der Waals surface area contributed by atoms with E-state index in [0.717, 1.165) is 16.3 Å². The Kier molecular flexibility index (Phi) is 8.53. The zero-order chi connectivity index (χ0) is 27.3. The van der Waals surface area contributed by atoms with E-state index in [9.17, 15) is 18.0 Å². The number of carbonyl (C=O) groups excluding carboxylic acids is 2. The molecule has 10 heteroatoms. The van der Waals surface area contributed by atoms with Crippen molar-refractivity contribution < 1.29 is 27.5 Å². The van der Waals surface area contributed by atoms with Gasteiger partial charge in [-0.2, -0.15) is 4.31 Å². The highest BCUT2D eigenvalue weighted by Crippen LogP contribution is 2.27. The van der Waals surface area contributed by atoms with Crippen LogP contribution in [-0.2, 0) is 26.0 Å². The molecule has 1 aliphatic rings. The summed E-state index contributed by atoms with van der Waals surface area (Å²) in [6.45, 7) is 1.94. The fraction of sp³-hybridized carbons (Fsp3) is 0.357. The number of nitrogens with one attached hydrogen (secondary N) is 2. The first kappa shape index (κ1) is 27.4. The van der Waals surface area contributed by atoms with Gasteiger partial charge in [0.05, 0.1) is 19.1 Å². The van der Waals surface area contributed by atoms with Gasteiger partial charge >= 0.3 is 0 Å². The molecule has 1 atom stereocenters. The lowest BCUT2D eigenvalue weighted by Gasteiger charge is -2.32. The average Bonchev–Trinajstić information content (AvgIpc) is 2.92. The summed E-state index contributed by atoms with van der Waals surface area (Å²) in [6.07, 6.45) is 1.17. The molecule has 0 unspecified atom stereocenters. The maximum atomic E-state index is 13.3. The van der Waals surface area contributed by atoms with Gasteiger partial charge in [0.25, 0.3) is 0 Å². The standard InChI is InChI=1S/C28H33N3O6S/c1-19(32)29-26(17-22-8-10-24(36-2)18-27(22)37-3)28(33)30-23-12-14-31(15-13-23)38(34,35)25-11-9-20-6-4-5-7-21(20)16-25/h4-11,16,18,23,26H,12-15,17H2,1-3H3,(H,29,32)(H,30,33)/t26-/m0/s1. The van der Waals surface area contributed by atoms with Crippen LogP contribution in [-0.4, -0.2) is 63.9 Å². The lowest BCUT2D eigenvalue weighted by Crippen LogP contribution is -2.53. The first-order chi connectivity index (χ1) is 18.2. The number of piperidine rings is 1. The highest BCUT2D eigenvalue weighted by atomic mass is 32.2. The van der Waals surface area contributed by atoms with E-state index < -0.39 is 16.1 Å². The third-order valence-corrected chi connectivity index (χ3v) is 8.67. The molecule has 0 bridgehead atoms. The van der Waals surface area contributed by atoms with Crippen LogP contribution in [0, 0.1) is 0 Å². The number of amides is 2. The summed E-state index contributed by atoms with van der Waals surface area (Å²) >= 11 is 0. The molecule has 1 fully saturated rings. The van der Waals surface area contributed by atoms with Crippen LogP contribution < -0.4 is 20.1 Å². The van der Waals surface area contributed by atoms with Crippen molar-refractivity contribution in [1.29, 1.82) is 0 Å². The number of ether oxygens (including phenoxy) is 2. The Labute approximate surface area is 223 Å². The highest BCUT2D eigenvalue weighted by Gasteiger charge is 2.31. The molecule has 0 saturated carbocycles. The van der Waals surface area contributed by atoms with Crippen molar-refractivity contribution in [2.24, 2.45) is 0 Å². The summed E-state index contributed by atoms with van der Waals surface area (Å²) in [5.41, 5.74) is 0.749. The number of benzene rings is 3. The van der Waals surface area contributed by atoms with Gasteiger partial charge in [0, 0.05) is 38.5 Å². The fourth-order valence-corrected chi connectivity index (χ4v) is 6.22. The first-order valence-corrected chi connectivity index (χ1v) is 13.9. The molecule has 0 radical (unpaired) electrons. The van der Waals surface area contributed by atoms with Crippen LogP contribution in [0.1, 0.15) is 25.3 Å². The van der Waals surface area contributed by atoms with Gasteiger partial charge in [-0.3, -0.25) is 9.59 Å². The lowest BCUT2D eigenvalue weighted by molar-refractivity contribution is -0.128. The second kappa shape index (κ2) is 11.8. The largest absolute Gasteiger partial charge is 0.497 e. The van der Waals surface area contributed by atoms with Crippen LogP contribution in [0.3, 0.4) is 0 Å². The zero-order valence-electron chi connectivity index (χ0n) is 21.8. The Morgan fingerprint density at radius 2 is 1.68 bits per heavy atom. The SMILES string of the molecule is COc1ccc(C[C@H](NC(C)=O)C(=O)NC2CCN(S(=O)(=O)c3ccc4ccccc4c3)CC2)c(OC)c1. The van der Waals surface area contributed by atoms with Crippen molar-refractivity contribution in [3.63, 3.8) is 0 Å². The molecule has 1 saturated heterocycles. The molecule has 38 heavy (non-hydrogen) atoms. The second-order valence-corrected chi connectivity index (χ2v) is 11.3. The van der Waals surface area contributed by atoms with Crippen LogP contribution in [0.5, 0.6) is 11.5 Å². The average molecular weight is 540 g/mol. The third-order valence-electron chi connectivity index (χ3n) is 6.77. The first-order valence-electron chi connectivity index (χ1n) is 12.5. The van der Waals surface area contributed by atoms with E-state index in [4.69, 9.17) is 9.47 Å². The Morgan fingerprint density at radius 3 is 2.34 bits per heavy atom. The molecule has 0 aromatic heterocycles. The summed E-state index contributed by atoms with van der Waals surface area (Å²) in [5, 5.41) is 7.57. The van der Waals surface area contributed by atoms with Crippen LogP contribution in [0.15, 0.2) is 65.6 Å². The summed E-state index contributed by atoms with van der Waals surface area (Å²) in [4.78, 5) is 25.3. The highest BCUT2D eigenvalue weighted by molar-refractivity contribution is 7.89. The van der Waals surface area contributed by atoms with Gasteiger partial charge < -0.3 is 20.1 Å². The molecule has 3 aromatic carbocycles. The van der Waals surface area contributed by atoms with E-state index >= 15 is 0 Å². The van der Waals surface area contributed by atoms with E-state index in [1.165, 1.54) is 18.3 Å². The van der Waals surface area contributed by atoms with Gasteiger partial charge in [-0.1, -0.05) is 36.4 Å². The third kappa shape index (κ3) is 6.25. The number of methoxy groups -OCH3 is 2. The quantitative estimate of drug-likeness (QED) is 0.432. The Balaban J connectivity index is 1.40. The molecule has 0 spiro atoms. The van der Waals surface area contributed by atoms with Crippen molar-refractivity contribution in [3.05, 3.63) is 66.2 Å². The normalized spacial score (nSPS) is 15.6. The van der Waals surface area contributed by atoms with Gasteiger partial charge in [0.1, 0.15) is 17.5 Å². The number of hydrogen-bond acceptors (Lipinski definition) is 6. The number of carbonyl (C=O) groups is 2. The molecule has 1 aliphatic heterocycles. The van der Waals surface area contributed by atoms with Gasteiger partial charge in [-0.05, 0) is 47.4 Å². The minimum Gasteiger partial charge on any atom is -0.497 e. The maximum Gasteiger partial charge on any atom is 0.243 e. The maximum absolute atomic E-state index is 13.3. The predicted octanol–water partition coefficient (Wildman–Crippen LogP) is 2.87. The van der Waals surface area contributed by atoms with E-state index in [2.05, 4.69) is 10.6 Å². The number of rotatable bonds is 9. The second-order valence-electron chi connectivity index (χ2n) is 9.33. The molecular weight excluding hydrogens is 506 g/mol. The van der Waals surface area contributed by atoms with Crippen LogP contribution >= 0.6 is 0 Å². The molecule has 2 N–H and O–H groups in total. The van der Waals surface area contributed by atoms with Gasteiger partial charge in [0.15, 0.2) is 0 Å². The minimum atomic E-state index is -3.65. The minimum absolute atomic E-state index is 0.209. The van der Waals surface area contributed by atoms with Crippen molar-refractivity contribution in [2.45, 2.75) is 43.2 Å². The molecule has 3 aromatic rings. The Bertz CT molecular complexity index is 1420. The molecule has 4 rings (SSSR count). The summed E-state index contributed by atoms with van der Waals surface area (Å²) in [7, 11) is -0.563. The monoisotopic (exact) mass is 539 g/mol. The molecule has 1 heterocycles. The number of hydrogen-bond donors (Lipinski definition) is 2. The van der Waals surface area contributed by atoms with E-state index in [1.54, 1.807) is 37.4 Å². The summed E-state index contributed by atoms with van der Waals surface area (Å²) in [6, 6.07) is 17.1. The van der Waals surface area contributed by atoms with Crippen molar-refractivity contribution in [2.75, 3.05) is 27.3 Å². The van der Waals surface area contributed by atoms with Crippen molar-refractivity contribution in [3.8, 4) is 11.5 Å². The Morgan fingerprint density at radius 1 is 0.974 bits per heavy atom. The zero-order valence-corrected chi connectivity index (χ0v) is 22.6.